The van der Waals surface area contributed by atoms with Gasteiger partial charge in [0.25, 0.3) is 0 Å². The van der Waals surface area contributed by atoms with Crippen LogP contribution in [-0.2, 0) is 4.79 Å². The molecule has 0 heterocycles. The van der Waals surface area contributed by atoms with Crippen LogP contribution < -0.4 is 5.73 Å². The van der Waals surface area contributed by atoms with E-state index in [2.05, 4.69) is 4.99 Å². The van der Waals surface area contributed by atoms with Crippen LogP contribution in [0.15, 0.2) is 64.5 Å². The molecule has 0 atom stereocenters. The largest absolute Gasteiger partial charge is 0.399 e. The van der Waals surface area contributed by atoms with Crippen LogP contribution in [0.4, 0.5) is 11.4 Å². The van der Waals surface area contributed by atoms with Crippen LogP contribution in [0.5, 0.6) is 0 Å². The van der Waals surface area contributed by atoms with Gasteiger partial charge >= 0.3 is 0 Å². The molecule has 0 spiro atoms. The lowest BCUT2D eigenvalue weighted by molar-refractivity contribution is -0.102. The third kappa shape index (κ3) is 3.05. The van der Waals surface area contributed by atoms with E-state index in [0.29, 0.717) is 17.7 Å². The third-order valence-corrected chi connectivity index (χ3v) is 4.30. The molecule has 0 fully saturated rings. The number of hydrogen-bond donors (Lipinski definition) is 3. The Bertz CT molecular complexity index is 625. The number of para-hydroxylation sites is 1. The molecular weight excluding hydrogens is 276 g/mol. The van der Waals surface area contributed by atoms with Crippen molar-refractivity contribution in [3.63, 3.8) is 0 Å². The van der Waals surface area contributed by atoms with E-state index in [1.807, 2.05) is 0 Å². The molecule has 0 unspecified atom stereocenters. The van der Waals surface area contributed by atoms with Crippen molar-refractivity contribution in [3.05, 3.63) is 54.6 Å². The summed E-state index contributed by atoms with van der Waals surface area (Å²) in [5.74, 6) is 0. The van der Waals surface area contributed by atoms with Crippen molar-refractivity contribution < 1.29 is 13.9 Å². The first kappa shape index (κ1) is 14.3. The van der Waals surface area contributed by atoms with Gasteiger partial charge in [0.2, 0.25) is 0 Å². The number of carbonyl (C=O) groups excluding carboxylic acids is 1. The summed E-state index contributed by atoms with van der Waals surface area (Å²) in [6, 6.07) is 14.6. The molecule has 0 amide bonds. The zero-order valence-corrected chi connectivity index (χ0v) is 11.3. The maximum Gasteiger partial charge on any atom is 0.192 e. The van der Waals surface area contributed by atoms with E-state index < -0.39 is 10.6 Å². The fourth-order valence-electron chi connectivity index (χ4n) is 1.57. The van der Waals surface area contributed by atoms with Gasteiger partial charge in [-0.2, -0.15) is 0 Å². The lowest BCUT2D eigenvalue weighted by Crippen LogP contribution is -2.13. The fourth-order valence-corrected chi connectivity index (χ4v) is 2.69. The van der Waals surface area contributed by atoms with Crippen LogP contribution >= 0.6 is 10.6 Å². The van der Waals surface area contributed by atoms with Gasteiger partial charge in [-0.15, -0.1) is 10.6 Å². The van der Waals surface area contributed by atoms with Gasteiger partial charge in [0.15, 0.2) is 11.3 Å². The van der Waals surface area contributed by atoms with E-state index >= 15 is 0 Å². The van der Waals surface area contributed by atoms with E-state index in [4.69, 9.17) is 5.73 Å². The highest BCUT2D eigenvalue weighted by atomic mass is 32.3. The molecule has 5 nitrogen and oxygen atoms in total. The predicted octanol–water partition coefficient (Wildman–Crippen LogP) is 3.31. The van der Waals surface area contributed by atoms with Gasteiger partial charge < -0.3 is 5.73 Å². The summed E-state index contributed by atoms with van der Waals surface area (Å²) in [6.07, 6.45) is 0.360. The van der Waals surface area contributed by atoms with E-state index in [9.17, 15) is 13.9 Å². The Kier molecular flexibility index (Phi) is 4.19. The van der Waals surface area contributed by atoms with Crippen LogP contribution in [0.3, 0.4) is 0 Å². The summed E-state index contributed by atoms with van der Waals surface area (Å²) in [5.41, 5.74) is 6.52. The first-order valence-electron chi connectivity index (χ1n) is 5.77. The van der Waals surface area contributed by atoms with Gasteiger partial charge in [0, 0.05) is 5.69 Å². The van der Waals surface area contributed by atoms with Crippen LogP contribution in [0.25, 0.3) is 0 Å². The SMILES string of the molecule is Nc1ccc(S(O)(O)C(C=O)=Nc2ccccc2)cc1. The molecule has 0 radical (unpaired) electrons. The molecule has 0 aromatic heterocycles. The number of anilines is 1. The molecule has 4 N–H and O–H groups in total. The lowest BCUT2D eigenvalue weighted by Gasteiger charge is -2.30. The molecule has 6 heteroatoms. The first-order valence-corrected chi connectivity index (χ1v) is 7.31. The average Bonchev–Trinajstić information content (AvgIpc) is 2.46. The van der Waals surface area contributed by atoms with Gasteiger partial charge in [-0.25, -0.2) is 4.99 Å². The molecule has 0 saturated carbocycles. The van der Waals surface area contributed by atoms with Crippen molar-refractivity contribution in [2.75, 3.05) is 5.73 Å². The summed E-state index contributed by atoms with van der Waals surface area (Å²) in [4.78, 5) is 15.3. The minimum Gasteiger partial charge on any atom is -0.399 e. The topological polar surface area (TPSA) is 95.9 Å². The zero-order valence-electron chi connectivity index (χ0n) is 10.5. The second kappa shape index (κ2) is 5.87. The Morgan fingerprint density at radius 2 is 1.65 bits per heavy atom. The number of carbonyl (C=O) groups is 1. The number of hydrogen-bond acceptors (Lipinski definition) is 5. The van der Waals surface area contributed by atoms with E-state index in [1.54, 1.807) is 30.3 Å². The fraction of sp³-hybridized carbons (Fsp3) is 0. The van der Waals surface area contributed by atoms with Crippen LogP contribution in [0, 0.1) is 0 Å². The minimum absolute atomic E-state index is 0.202. The Labute approximate surface area is 118 Å². The first-order chi connectivity index (χ1) is 9.54. The standard InChI is InChI=1S/C14H14N2O3S/c15-11-6-8-13(9-7-11)20(18,19)14(10-17)16-12-4-2-1-3-5-12/h1-10,18-19H,15H2. The normalized spacial score (nSPS) is 13.0. The summed E-state index contributed by atoms with van der Waals surface area (Å²) < 4.78 is 20.5. The van der Waals surface area contributed by atoms with Gasteiger partial charge in [-0.1, -0.05) is 18.2 Å². The molecule has 2 aromatic carbocycles. The molecular formula is C14H14N2O3S. The maximum atomic E-state index is 11.1. The van der Waals surface area contributed by atoms with Crippen molar-refractivity contribution in [1.29, 1.82) is 0 Å². The number of benzene rings is 2. The van der Waals surface area contributed by atoms with Crippen molar-refractivity contribution >= 4 is 33.3 Å². The summed E-state index contributed by atoms with van der Waals surface area (Å²) in [7, 11) is -3.44. The Balaban J connectivity index is 2.42. The van der Waals surface area contributed by atoms with Crippen LogP contribution in [-0.4, -0.2) is 20.4 Å². The minimum atomic E-state index is -3.44. The zero-order chi connectivity index (χ0) is 14.6. The highest BCUT2D eigenvalue weighted by molar-refractivity contribution is 8.38. The molecule has 0 aliphatic carbocycles. The molecule has 0 aliphatic rings. The highest BCUT2D eigenvalue weighted by Gasteiger charge is 2.23. The van der Waals surface area contributed by atoms with Crippen LogP contribution in [0.2, 0.25) is 0 Å². The average molecular weight is 290 g/mol. The van der Waals surface area contributed by atoms with Crippen molar-refractivity contribution in [1.82, 2.24) is 0 Å². The quantitative estimate of drug-likeness (QED) is 0.350. The molecule has 0 saturated heterocycles. The molecule has 0 aliphatic heterocycles. The Morgan fingerprint density at radius 3 is 2.20 bits per heavy atom. The van der Waals surface area contributed by atoms with Gasteiger partial charge in [0.05, 0.1) is 10.6 Å². The molecule has 0 bridgehead atoms. The summed E-state index contributed by atoms with van der Waals surface area (Å²) in [6.45, 7) is 0. The Morgan fingerprint density at radius 1 is 1.05 bits per heavy atom. The Hall–Kier alpha value is -2.15. The van der Waals surface area contributed by atoms with Gasteiger partial charge in [0.1, 0.15) is 0 Å². The summed E-state index contributed by atoms with van der Waals surface area (Å²) >= 11 is 0. The van der Waals surface area contributed by atoms with Gasteiger partial charge in [-0.05, 0) is 36.4 Å². The predicted molar refractivity (Wildman–Crippen MR) is 81.6 cm³/mol. The number of nitrogens with zero attached hydrogens (tertiary/aromatic N) is 1. The van der Waals surface area contributed by atoms with Crippen molar-refractivity contribution in [3.8, 4) is 0 Å². The van der Waals surface area contributed by atoms with E-state index in [1.165, 1.54) is 24.3 Å². The maximum absolute atomic E-state index is 11.1. The number of aliphatic imine (C=N–C) groups is 1. The molecule has 2 rings (SSSR count). The summed E-state index contributed by atoms with van der Waals surface area (Å²) in [5, 5.41) is -0.312. The highest BCUT2D eigenvalue weighted by Crippen LogP contribution is 2.49. The number of rotatable bonds is 3. The van der Waals surface area contributed by atoms with Crippen molar-refractivity contribution in [2.24, 2.45) is 4.99 Å². The van der Waals surface area contributed by atoms with E-state index in [-0.39, 0.29) is 9.94 Å². The number of aldehydes is 1. The smallest absolute Gasteiger partial charge is 0.192 e. The molecule has 20 heavy (non-hydrogen) atoms. The van der Waals surface area contributed by atoms with Crippen molar-refractivity contribution in [2.45, 2.75) is 4.90 Å². The van der Waals surface area contributed by atoms with Gasteiger partial charge in [-0.3, -0.25) is 13.9 Å². The lowest BCUT2D eigenvalue weighted by atomic mass is 10.3. The molecule has 104 valence electrons. The monoisotopic (exact) mass is 290 g/mol. The second-order valence-corrected chi connectivity index (χ2v) is 6.01. The second-order valence-electron chi connectivity index (χ2n) is 4.02. The van der Waals surface area contributed by atoms with Crippen LogP contribution in [0.1, 0.15) is 0 Å². The third-order valence-electron chi connectivity index (χ3n) is 2.60. The number of nitrogens with two attached hydrogens (primary N) is 1. The molecule has 2 aromatic rings. The van der Waals surface area contributed by atoms with E-state index in [0.717, 1.165) is 0 Å². The number of nitrogen functional groups attached to an aromatic ring is 1.